The molecule has 0 unspecified atom stereocenters. The molecular formula is C76H28N2O10. The maximum atomic E-state index is 15.8. The third-order valence-corrected chi connectivity index (χ3v) is 28.3. The lowest BCUT2D eigenvalue weighted by atomic mass is 9.50. The van der Waals surface area contributed by atoms with Crippen molar-refractivity contribution < 1.29 is 49.0 Å². The molecule has 2 saturated heterocycles. The largest absolute Gasteiger partial charge is 0.394 e. The van der Waals surface area contributed by atoms with Crippen LogP contribution in [0.4, 0.5) is 0 Å². The van der Waals surface area contributed by atoms with Crippen molar-refractivity contribution in [3.8, 4) is 0 Å². The van der Waals surface area contributed by atoms with Crippen LogP contribution in [-0.4, -0.2) is 127 Å². The van der Waals surface area contributed by atoms with Gasteiger partial charge in [-0.2, -0.15) is 0 Å². The van der Waals surface area contributed by atoms with E-state index in [1.165, 1.54) is 152 Å². The predicted octanol–water partition coefficient (Wildman–Crippen LogP) is 12.1. The number of rotatable bonds is 12. The van der Waals surface area contributed by atoms with Crippen LogP contribution in [0.5, 0.6) is 0 Å². The molecule has 28 aromatic rings. The van der Waals surface area contributed by atoms with Gasteiger partial charge < -0.3 is 49.6 Å². The molecular weight excluding hydrogens is 1100 g/mol. The van der Waals surface area contributed by atoms with Gasteiger partial charge in [0.15, 0.2) is 6.29 Å². The minimum absolute atomic E-state index is 0.000890. The van der Waals surface area contributed by atoms with Gasteiger partial charge in [-0.3, -0.25) is 9.59 Å². The molecule has 0 saturated carbocycles. The number of aliphatic hydroxyl groups is 4. The molecule has 0 radical (unpaired) electrons. The van der Waals surface area contributed by atoms with Crippen LogP contribution >= 0.6 is 0 Å². The van der Waals surface area contributed by atoms with E-state index in [0.29, 0.717) is 13.1 Å². The lowest BCUT2D eigenvalue weighted by Crippen LogP contribution is -2.59. The molecule has 6 aliphatic rings. The zero-order chi connectivity index (χ0) is 55.0. The van der Waals surface area contributed by atoms with E-state index >= 15 is 4.79 Å². The number of carbonyl (C=O) groups excluding carboxylic acids is 2. The summed E-state index contributed by atoms with van der Waals surface area (Å²) in [5, 5.41) is 126. The molecule has 5 atom stereocenters. The Morgan fingerprint density at radius 2 is 0.659 bits per heavy atom. The SMILES string of the molecule is O=C(COCC(=O)N1CC23c4c5c6c7c8c9c(c%10c%11c2c2c4c4c%12c5c5c6c6c8c8c%13c9c9c%10c%10c%11c%11c2c2c4c4c%12c%12c5c5c6c8c6c8c%13c9c9c%10c%10c%11c2c2c4c4c%12c5c6c5c8c9c%10c2c45)C73C1)NCCOCCO[C@@H]1O[C@H](CO)[C@@H](O)[C@H](O)[C@H]1O. The zero-order valence-electron chi connectivity index (χ0n) is 45.4. The van der Waals surface area contributed by atoms with Crippen molar-refractivity contribution in [1.82, 2.24) is 10.2 Å². The van der Waals surface area contributed by atoms with E-state index < -0.39 is 48.1 Å². The molecule has 34 rings (SSSR count). The van der Waals surface area contributed by atoms with Gasteiger partial charge in [0.25, 0.3) is 0 Å². The van der Waals surface area contributed by atoms with Crippen LogP contribution in [0.3, 0.4) is 0 Å². The second-order valence-electron chi connectivity index (χ2n) is 29.8. The minimum atomic E-state index is -1.53. The molecule has 2 amide bonds. The van der Waals surface area contributed by atoms with Crippen LogP contribution in [-0.2, 0) is 39.4 Å². The number of carbonyl (C=O) groups is 2. The first-order valence-electron chi connectivity index (χ1n) is 31.8. The summed E-state index contributed by atoms with van der Waals surface area (Å²) in [4.78, 5) is 31.5. The Balaban J connectivity index is 0.664. The van der Waals surface area contributed by atoms with Gasteiger partial charge in [-0.15, -0.1) is 0 Å². The van der Waals surface area contributed by atoms with E-state index in [0.717, 1.165) is 0 Å². The first-order valence-corrected chi connectivity index (χ1v) is 31.8. The highest BCUT2D eigenvalue weighted by molar-refractivity contribution is 6.82. The van der Waals surface area contributed by atoms with E-state index in [-0.39, 0.29) is 51.4 Å². The summed E-state index contributed by atoms with van der Waals surface area (Å²) in [6.45, 7) is 0.515. The molecule has 2 spiro atoms. The van der Waals surface area contributed by atoms with Gasteiger partial charge in [-0.1, -0.05) is 0 Å². The third kappa shape index (κ3) is 2.58. The number of aliphatic hydroxyl groups excluding tert-OH is 4. The molecule has 402 valence electrons. The van der Waals surface area contributed by atoms with Crippen LogP contribution in [0.15, 0.2) is 0 Å². The molecule has 12 nitrogen and oxygen atoms in total. The van der Waals surface area contributed by atoms with Crippen molar-refractivity contribution in [1.29, 1.82) is 0 Å². The first kappa shape index (κ1) is 39.1. The second kappa shape index (κ2) is 10.0. The number of ether oxygens (including phenoxy) is 4. The lowest BCUT2D eigenvalue weighted by Gasteiger charge is -2.49. The zero-order valence-corrected chi connectivity index (χ0v) is 45.4. The van der Waals surface area contributed by atoms with Crippen LogP contribution < -0.4 is 5.32 Å². The summed E-state index contributed by atoms with van der Waals surface area (Å²) in [5.41, 5.74) is 4.96. The fourth-order valence-electron chi connectivity index (χ4n) is 27.1. The monoisotopic (exact) mass is 1130 g/mol. The highest BCUT2D eigenvalue weighted by atomic mass is 16.7. The van der Waals surface area contributed by atoms with Gasteiger partial charge >= 0.3 is 0 Å². The summed E-state index contributed by atoms with van der Waals surface area (Å²) in [6, 6.07) is 0. The third-order valence-electron chi connectivity index (χ3n) is 28.3. The fourth-order valence-corrected chi connectivity index (χ4v) is 27.1. The maximum absolute atomic E-state index is 15.8. The Bertz CT molecular complexity index is 7220. The van der Waals surface area contributed by atoms with E-state index in [1.807, 2.05) is 0 Å². The molecule has 28 aromatic carbocycles. The van der Waals surface area contributed by atoms with Crippen molar-refractivity contribution in [2.75, 3.05) is 59.3 Å². The first-order chi connectivity index (χ1) is 43.4. The lowest BCUT2D eigenvalue weighted by molar-refractivity contribution is -0.302. The Hall–Kier alpha value is -8.92. The van der Waals surface area contributed by atoms with Crippen LogP contribution in [0.1, 0.15) is 22.3 Å². The molecule has 2 aliphatic heterocycles. The van der Waals surface area contributed by atoms with Crippen molar-refractivity contribution in [2.24, 2.45) is 0 Å². The van der Waals surface area contributed by atoms with Gasteiger partial charge in [-0.25, -0.2) is 0 Å². The van der Waals surface area contributed by atoms with Crippen LogP contribution in [0.25, 0.3) is 291 Å². The van der Waals surface area contributed by atoms with Crippen LogP contribution in [0.2, 0.25) is 0 Å². The van der Waals surface area contributed by atoms with E-state index in [9.17, 15) is 25.2 Å². The average Bonchev–Trinajstić information content (AvgIpc) is 1.38. The second-order valence-corrected chi connectivity index (χ2v) is 29.8. The normalized spacial score (nSPS) is 25.6. The fraction of sp³-hybridized carbons (Fsp3) is 0.211. The van der Waals surface area contributed by atoms with Gasteiger partial charge in [0.05, 0.1) is 37.3 Å². The smallest absolute Gasteiger partial charge is 0.248 e. The number of nitrogens with one attached hydrogen (secondary N) is 1. The Kier molecular flexibility index (Phi) is 4.45. The topological polar surface area (TPSA) is 167 Å². The van der Waals surface area contributed by atoms with Crippen molar-refractivity contribution in [2.45, 2.75) is 41.5 Å². The van der Waals surface area contributed by atoms with Gasteiger partial charge in [-0.05, 0) is 313 Å². The van der Waals surface area contributed by atoms with Gasteiger partial charge in [0.2, 0.25) is 11.8 Å². The number of hydrogen-bond acceptors (Lipinski definition) is 10. The van der Waals surface area contributed by atoms with E-state index in [1.54, 1.807) is 162 Å². The molecule has 5 N–H and O–H groups in total. The summed E-state index contributed by atoms with van der Waals surface area (Å²) >= 11 is 0. The maximum Gasteiger partial charge on any atom is 0.248 e. The van der Waals surface area contributed by atoms with E-state index in [4.69, 9.17) is 18.9 Å². The number of benzene rings is 18. The highest BCUT2D eigenvalue weighted by Crippen LogP contribution is 2.85. The quantitative estimate of drug-likeness (QED) is 0.0587. The summed E-state index contributed by atoms with van der Waals surface area (Å²) < 4.78 is 22.9. The standard InChI is InChI=1S/C76H28N2O10/c79-5-10-71(82)72(83)73(84)74(88-10)87-4-3-85-2-1-77-11(80)6-86-7-12(81)78-8-75-67-59-51-41-31-23-15-13-14-17-21-19(15)27-35-29(21)39-33-25(17)26-18(14)22-20-16(13)24(23)32-38-28(20)36-30(22)40-34(26)44-43(33)53-47(39)57-49(35)55(45(51)37(27)31)63(67)65(57)69-61(53)62-54(44)48(40)58-50(36)56-46(38)52(42(32)41)60(59)68(75)64(56)66(58)70(62)76(69,75)9-78/h10,71-74,79,82-84H,1-9H2,(H,77,80)/t10-,71-,72+,73-,74-,75?,76?/m1/s1. The summed E-state index contributed by atoms with van der Waals surface area (Å²) in [7, 11) is 0. The highest BCUT2D eigenvalue weighted by Gasteiger charge is 2.73. The van der Waals surface area contributed by atoms with Gasteiger partial charge in [0, 0.05) is 19.6 Å². The summed E-state index contributed by atoms with van der Waals surface area (Å²) in [5.74, 6) is -0.425. The molecule has 2 heterocycles. The predicted molar refractivity (Wildman–Crippen MR) is 345 cm³/mol. The Labute approximate surface area is 482 Å². The van der Waals surface area contributed by atoms with Crippen LogP contribution in [0, 0.1) is 0 Å². The Morgan fingerprint density at radius 3 is 0.943 bits per heavy atom. The average molecular weight is 1130 g/mol. The Morgan fingerprint density at radius 1 is 0.375 bits per heavy atom. The molecule has 0 bridgehead atoms. The van der Waals surface area contributed by atoms with Crippen molar-refractivity contribution in [3.05, 3.63) is 22.3 Å². The number of amides is 2. The summed E-state index contributed by atoms with van der Waals surface area (Å²) in [6.07, 6.45) is -6.82. The molecule has 4 aliphatic carbocycles. The number of hydrogen-bond donors (Lipinski definition) is 5. The molecule has 0 aromatic heterocycles. The minimum Gasteiger partial charge on any atom is -0.394 e. The van der Waals surface area contributed by atoms with Crippen molar-refractivity contribution in [3.63, 3.8) is 0 Å². The van der Waals surface area contributed by atoms with Crippen molar-refractivity contribution >= 4 is 303 Å². The molecule has 2 fully saturated rings. The van der Waals surface area contributed by atoms with E-state index in [2.05, 4.69) is 10.2 Å². The number of likely N-dealkylation sites (tertiary alicyclic amines) is 1. The number of nitrogens with zero attached hydrogens (tertiary/aromatic N) is 1. The molecule has 88 heavy (non-hydrogen) atoms. The molecule has 12 heteroatoms. The van der Waals surface area contributed by atoms with Gasteiger partial charge in [0.1, 0.15) is 37.6 Å².